The molecule has 0 aliphatic carbocycles. The second kappa shape index (κ2) is 7.92. The maximum atomic E-state index is 11.6. The molecular weight excluding hydrogens is 350 g/mol. The van der Waals surface area contributed by atoms with Gasteiger partial charge in [-0.2, -0.15) is 0 Å². The zero-order chi connectivity index (χ0) is 15.8. The van der Waals surface area contributed by atoms with Crippen LogP contribution in [0.5, 0.6) is 0 Å². The van der Waals surface area contributed by atoms with E-state index in [1.807, 2.05) is 4.98 Å². The Balaban J connectivity index is 0.00000242. The number of nitrogens with one attached hydrogen (secondary N) is 1. The quantitative estimate of drug-likeness (QED) is 0.258. The van der Waals surface area contributed by atoms with Crippen molar-refractivity contribution in [2.24, 2.45) is 0 Å². The summed E-state index contributed by atoms with van der Waals surface area (Å²) in [5.41, 5.74) is -1.51. The normalized spacial score (nSPS) is 28.4. The third kappa shape index (κ3) is 4.90. The molecule has 0 aromatic carbocycles. The van der Waals surface area contributed by atoms with E-state index in [4.69, 9.17) is 14.5 Å². The molecular formula is C9H14KN2O9P. The second-order valence-corrected chi connectivity index (χ2v) is 5.59. The van der Waals surface area contributed by atoms with E-state index in [1.54, 1.807) is 0 Å². The Bertz CT molecular complexity index is 675. The van der Waals surface area contributed by atoms with Gasteiger partial charge in [0.15, 0.2) is 6.23 Å². The predicted octanol–water partition coefficient (Wildman–Crippen LogP) is -5.62. The van der Waals surface area contributed by atoms with Crippen LogP contribution >= 0.6 is 7.82 Å². The SMILES string of the molecule is O=c1ccn([C@@H]2O[C@H](COP(=O)(O)O)[C@@H](O)[C@H]2O)c(=O)[nH]1.[H-].[K+]. The molecule has 1 fully saturated rings. The minimum Gasteiger partial charge on any atom is -1.00 e. The van der Waals surface area contributed by atoms with Crippen LogP contribution in [0, 0.1) is 0 Å². The molecule has 120 valence electrons. The summed E-state index contributed by atoms with van der Waals surface area (Å²) in [7, 11) is -4.76. The van der Waals surface area contributed by atoms with Gasteiger partial charge in [0.25, 0.3) is 5.56 Å². The number of aliphatic hydroxyl groups excluding tert-OH is 2. The first-order chi connectivity index (χ1) is 9.69. The first-order valence-corrected chi connectivity index (χ1v) is 7.25. The van der Waals surface area contributed by atoms with Crippen LogP contribution in [0.25, 0.3) is 0 Å². The summed E-state index contributed by atoms with van der Waals surface area (Å²) in [6.07, 6.45) is -4.58. The molecule has 0 bridgehead atoms. The summed E-state index contributed by atoms with van der Waals surface area (Å²) in [6.45, 7) is -0.683. The Morgan fingerprint density at radius 2 is 2.00 bits per heavy atom. The molecule has 1 saturated heterocycles. The number of phosphoric acid groups is 1. The molecule has 2 heterocycles. The van der Waals surface area contributed by atoms with Crippen LogP contribution < -0.4 is 62.6 Å². The van der Waals surface area contributed by atoms with Crippen molar-refractivity contribution in [3.63, 3.8) is 0 Å². The summed E-state index contributed by atoms with van der Waals surface area (Å²) in [5, 5.41) is 19.6. The van der Waals surface area contributed by atoms with Gasteiger partial charge in [0.05, 0.1) is 6.61 Å². The van der Waals surface area contributed by atoms with Gasteiger partial charge in [-0.15, -0.1) is 0 Å². The minimum absolute atomic E-state index is 0. The molecule has 1 aliphatic rings. The molecule has 2 rings (SSSR count). The molecule has 22 heavy (non-hydrogen) atoms. The average molecular weight is 364 g/mol. The Morgan fingerprint density at radius 1 is 1.36 bits per heavy atom. The Kier molecular flexibility index (Phi) is 7.33. The topological polar surface area (TPSA) is 171 Å². The number of hydrogen-bond acceptors (Lipinski definition) is 7. The van der Waals surface area contributed by atoms with Gasteiger partial charge >= 0.3 is 64.9 Å². The van der Waals surface area contributed by atoms with E-state index in [1.165, 1.54) is 0 Å². The van der Waals surface area contributed by atoms with Gasteiger partial charge in [-0.05, 0) is 0 Å². The van der Waals surface area contributed by atoms with Gasteiger partial charge in [0.1, 0.15) is 18.3 Å². The summed E-state index contributed by atoms with van der Waals surface area (Å²) < 4.78 is 20.8. The Hall–Kier alpha value is 0.306. The number of nitrogens with zero attached hydrogens (tertiary/aromatic N) is 1. The van der Waals surface area contributed by atoms with Crippen LogP contribution in [0.2, 0.25) is 0 Å². The third-order valence-electron chi connectivity index (χ3n) is 2.87. The summed E-state index contributed by atoms with van der Waals surface area (Å²) in [6, 6.07) is 1.02. The van der Waals surface area contributed by atoms with Gasteiger partial charge in [0, 0.05) is 12.3 Å². The molecule has 0 radical (unpaired) electrons. The van der Waals surface area contributed by atoms with Crippen LogP contribution in [-0.4, -0.2) is 54.5 Å². The zero-order valence-corrected chi connectivity index (χ0v) is 15.4. The van der Waals surface area contributed by atoms with E-state index in [-0.39, 0.29) is 52.8 Å². The van der Waals surface area contributed by atoms with Crippen LogP contribution in [0.15, 0.2) is 21.9 Å². The molecule has 0 amide bonds. The van der Waals surface area contributed by atoms with Crippen molar-refractivity contribution in [1.82, 2.24) is 9.55 Å². The summed E-state index contributed by atoms with van der Waals surface area (Å²) in [4.78, 5) is 41.6. The van der Waals surface area contributed by atoms with E-state index < -0.39 is 50.2 Å². The average Bonchev–Trinajstić information content (AvgIpc) is 2.64. The monoisotopic (exact) mass is 364 g/mol. The number of aliphatic hydroxyl groups is 2. The largest absolute Gasteiger partial charge is 1.00 e. The molecule has 5 N–H and O–H groups in total. The number of rotatable bonds is 4. The van der Waals surface area contributed by atoms with Crippen molar-refractivity contribution in [1.29, 1.82) is 0 Å². The predicted molar refractivity (Wildman–Crippen MR) is 66.4 cm³/mol. The van der Waals surface area contributed by atoms with Crippen molar-refractivity contribution in [2.75, 3.05) is 6.61 Å². The van der Waals surface area contributed by atoms with Crippen molar-refractivity contribution in [2.45, 2.75) is 24.5 Å². The summed E-state index contributed by atoms with van der Waals surface area (Å²) >= 11 is 0. The number of phosphoric ester groups is 1. The van der Waals surface area contributed by atoms with E-state index in [0.29, 0.717) is 0 Å². The van der Waals surface area contributed by atoms with E-state index in [2.05, 4.69) is 4.52 Å². The fourth-order valence-electron chi connectivity index (χ4n) is 1.89. The van der Waals surface area contributed by atoms with Gasteiger partial charge in [-0.3, -0.25) is 18.9 Å². The number of ether oxygens (including phenoxy) is 1. The van der Waals surface area contributed by atoms with Crippen molar-refractivity contribution in [3.05, 3.63) is 33.1 Å². The maximum absolute atomic E-state index is 11.6. The molecule has 11 nitrogen and oxygen atoms in total. The minimum atomic E-state index is -4.76. The zero-order valence-electron chi connectivity index (χ0n) is 12.4. The van der Waals surface area contributed by atoms with Crippen LogP contribution in [0.3, 0.4) is 0 Å². The summed E-state index contributed by atoms with van der Waals surface area (Å²) in [5.74, 6) is 0. The first-order valence-electron chi connectivity index (χ1n) is 5.72. The standard InChI is InChI=1S/C9H13N2O9P.K.H/c12-5-1-2-11(9(15)10-5)8-7(14)6(13)4(20-8)3-19-21(16,17)18;;/h1-2,4,6-8,13-14H,3H2,(H,10,12,15)(H2,16,17,18);;/q;+1;-1/t4-,6-,7-,8-;;/m1../s1. The molecule has 1 aliphatic heterocycles. The molecule has 1 aromatic heterocycles. The third-order valence-corrected chi connectivity index (χ3v) is 3.35. The van der Waals surface area contributed by atoms with Crippen LogP contribution in [0.1, 0.15) is 7.65 Å². The fraction of sp³-hybridized carbons (Fsp3) is 0.556. The van der Waals surface area contributed by atoms with Gasteiger partial charge in [-0.25, -0.2) is 9.36 Å². The molecule has 4 atom stereocenters. The van der Waals surface area contributed by atoms with E-state index in [0.717, 1.165) is 16.8 Å². The van der Waals surface area contributed by atoms with Crippen LogP contribution in [-0.2, 0) is 13.8 Å². The first kappa shape index (κ1) is 20.4. The van der Waals surface area contributed by atoms with E-state index >= 15 is 0 Å². The maximum Gasteiger partial charge on any atom is 1.00 e. The molecule has 0 spiro atoms. The number of H-pyrrole nitrogens is 1. The molecule has 0 unspecified atom stereocenters. The van der Waals surface area contributed by atoms with Crippen molar-refractivity contribution in [3.8, 4) is 0 Å². The number of aromatic nitrogens is 2. The van der Waals surface area contributed by atoms with Crippen molar-refractivity contribution < 1.29 is 86.6 Å². The Morgan fingerprint density at radius 3 is 2.55 bits per heavy atom. The molecule has 13 heteroatoms. The van der Waals surface area contributed by atoms with Crippen molar-refractivity contribution >= 4 is 7.82 Å². The van der Waals surface area contributed by atoms with Gasteiger partial charge in [0.2, 0.25) is 0 Å². The fourth-order valence-corrected chi connectivity index (χ4v) is 2.24. The molecule has 0 saturated carbocycles. The smallest absolute Gasteiger partial charge is 1.00 e. The van der Waals surface area contributed by atoms with Crippen LogP contribution in [0.4, 0.5) is 0 Å². The van der Waals surface area contributed by atoms with Gasteiger partial charge < -0.3 is 26.2 Å². The second-order valence-electron chi connectivity index (χ2n) is 4.35. The number of aromatic amines is 1. The number of hydrogen-bond donors (Lipinski definition) is 5. The molecule has 1 aromatic rings. The van der Waals surface area contributed by atoms with E-state index in [9.17, 15) is 24.4 Å². The Labute approximate surface area is 167 Å². The van der Waals surface area contributed by atoms with Gasteiger partial charge in [-0.1, -0.05) is 0 Å².